The van der Waals surface area contributed by atoms with Gasteiger partial charge in [0.15, 0.2) is 0 Å². The van der Waals surface area contributed by atoms with E-state index in [2.05, 4.69) is 27.9 Å². The summed E-state index contributed by atoms with van der Waals surface area (Å²) < 4.78 is 0.904. The molecule has 1 aromatic carbocycles. The SMILES string of the molecule is O=C(NC[C@@H]1CCCC[C@@H]1C(=O)O)c1ccccc1I. The number of amides is 1. The van der Waals surface area contributed by atoms with Gasteiger partial charge < -0.3 is 10.4 Å². The number of carbonyl (C=O) groups excluding carboxylic acids is 1. The zero-order valence-electron chi connectivity index (χ0n) is 11.1. The highest BCUT2D eigenvalue weighted by Crippen LogP contribution is 2.29. The Hall–Kier alpha value is -1.11. The predicted octanol–water partition coefficient (Wildman–Crippen LogP) is 2.91. The summed E-state index contributed by atoms with van der Waals surface area (Å²) in [7, 11) is 0. The van der Waals surface area contributed by atoms with Crippen LogP contribution in [0, 0.1) is 15.4 Å². The second-order valence-electron chi connectivity index (χ2n) is 5.18. The highest BCUT2D eigenvalue weighted by atomic mass is 127. The predicted molar refractivity (Wildman–Crippen MR) is 84.6 cm³/mol. The van der Waals surface area contributed by atoms with Gasteiger partial charge in [-0.05, 0) is 53.5 Å². The second-order valence-corrected chi connectivity index (χ2v) is 6.34. The van der Waals surface area contributed by atoms with Crippen molar-refractivity contribution in [2.75, 3.05) is 6.54 Å². The van der Waals surface area contributed by atoms with E-state index in [4.69, 9.17) is 0 Å². The van der Waals surface area contributed by atoms with Crippen LogP contribution in [-0.4, -0.2) is 23.5 Å². The van der Waals surface area contributed by atoms with Crippen LogP contribution in [-0.2, 0) is 4.79 Å². The molecule has 2 atom stereocenters. The summed E-state index contributed by atoms with van der Waals surface area (Å²) in [5.41, 5.74) is 0.649. The summed E-state index contributed by atoms with van der Waals surface area (Å²) in [5, 5.41) is 12.1. The maximum Gasteiger partial charge on any atom is 0.306 e. The molecule has 0 aromatic heterocycles. The van der Waals surface area contributed by atoms with Crippen LogP contribution in [0.1, 0.15) is 36.0 Å². The molecule has 0 heterocycles. The van der Waals surface area contributed by atoms with Gasteiger partial charge in [-0.15, -0.1) is 0 Å². The highest BCUT2D eigenvalue weighted by molar-refractivity contribution is 14.1. The van der Waals surface area contributed by atoms with Crippen molar-refractivity contribution >= 4 is 34.5 Å². The van der Waals surface area contributed by atoms with Crippen molar-refractivity contribution in [3.8, 4) is 0 Å². The number of carbonyl (C=O) groups is 2. The average molecular weight is 387 g/mol. The maximum absolute atomic E-state index is 12.1. The quantitative estimate of drug-likeness (QED) is 0.781. The van der Waals surface area contributed by atoms with E-state index in [1.165, 1.54) is 0 Å². The van der Waals surface area contributed by atoms with Crippen molar-refractivity contribution in [1.29, 1.82) is 0 Å². The molecule has 1 aromatic rings. The standard InChI is InChI=1S/C15H18INO3/c16-13-8-4-3-7-12(13)14(18)17-9-10-5-1-2-6-11(10)15(19)20/h3-4,7-8,10-11H,1-2,5-6,9H2,(H,17,18)(H,19,20)/t10-,11-/m0/s1. The number of benzene rings is 1. The van der Waals surface area contributed by atoms with Crippen LogP contribution in [0.5, 0.6) is 0 Å². The Bertz CT molecular complexity index is 504. The molecule has 0 saturated heterocycles. The number of carboxylic acid groups (broad SMARTS) is 1. The molecule has 20 heavy (non-hydrogen) atoms. The number of carboxylic acids is 1. The third-order valence-corrected chi connectivity index (χ3v) is 4.81. The molecule has 5 heteroatoms. The minimum atomic E-state index is -0.738. The Morgan fingerprint density at radius 2 is 1.95 bits per heavy atom. The van der Waals surface area contributed by atoms with Crippen LogP contribution < -0.4 is 5.32 Å². The van der Waals surface area contributed by atoms with Crippen LogP contribution in [0.25, 0.3) is 0 Å². The highest BCUT2D eigenvalue weighted by Gasteiger charge is 2.30. The first-order chi connectivity index (χ1) is 9.59. The number of hydrogen-bond acceptors (Lipinski definition) is 2. The smallest absolute Gasteiger partial charge is 0.306 e. The largest absolute Gasteiger partial charge is 0.481 e. The Morgan fingerprint density at radius 3 is 2.65 bits per heavy atom. The van der Waals surface area contributed by atoms with Gasteiger partial charge in [-0.25, -0.2) is 0 Å². The molecule has 0 unspecified atom stereocenters. The first-order valence-corrected chi connectivity index (χ1v) is 7.93. The molecule has 1 amide bonds. The summed E-state index contributed by atoms with van der Waals surface area (Å²) in [6, 6.07) is 7.39. The zero-order chi connectivity index (χ0) is 14.5. The third-order valence-electron chi connectivity index (χ3n) is 3.87. The minimum absolute atomic E-state index is 0.0478. The summed E-state index contributed by atoms with van der Waals surface area (Å²) in [6.45, 7) is 0.445. The van der Waals surface area contributed by atoms with Crippen molar-refractivity contribution in [2.24, 2.45) is 11.8 Å². The topological polar surface area (TPSA) is 66.4 Å². The number of nitrogens with one attached hydrogen (secondary N) is 1. The van der Waals surface area contributed by atoms with E-state index in [0.717, 1.165) is 29.3 Å². The molecule has 1 saturated carbocycles. The van der Waals surface area contributed by atoms with E-state index in [0.29, 0.717) is 12.1 Å². The summed E-state index contributed by atoms with van der Waals surface area (Å²) in [5.74, 6) is -1.13. The molecule has 1 aliphatic carbocycles. The Labute approximate surface area is 132 Å². The summed E-state index contributed by atoms with van der Waals surface area (Å²) >= 11 is 2.13. The van der Waals surface area contributed by atoms with Gasteiger partial charge in [0.2, 0.25) is 0 Å². The Balaban J connectivity index is 1.95. The Morgan fingerprint density at radius 1 is 1.25 bits per heavy atom. The molecule has 0 aliphatic heterocycles. The molecule has 0 radical (unpaired) electrons. The van der Waals surface area contributed by atoms with Crippen LogP contribution in [0.15, 0.2) is 24.3 Å². The second kappa shape index (κ2) is 7.06. The fourth-order valence-electron chi connectivity index (χ4n) is 2.74. The van der Waals surface area contributed by atoms with Gasteiger partial charge >= 0.3 is 5.97 Å². The molecular formula is C15H18INO3. The lowest BCUT2D eigenvalue weighted by atomic mass is 9.79. The number of halogens is 1. The molecule has 1 fully saturated rings. The number of hydrogen-bond donors (Lipinski definition) is 2. The van der Waals surface area contributed by atoms with E-state index in [1.807, 2.05) is 18.2 Å². The van der Waals surface area contributed by atoms with Gasteiger partial charge in [0.05, 0.1) is 11.5 Å². The van der Waals surface area contributed by atoms with E-state index in [-0.39, 0.29) is 17.7 Å². The first-order valence-electron chi connectivity index (χ1n) is 6.85. The third kappa shape index (κ3) is 3.71. The fourth-order valence-corrected chi connectivity index (χ4v) is 3.37. The lowest BCUT2D eigenvalue weighted by Crippen LogP contribution is -2.37. The molecule has 4 nitrogen and oxygen atoms in total. The monoisotopic (exact) mass is 387 g/mol. The molecule has 2 rings (SSSR count). The van der Waals surface area contributed by atoms with E-state index in [1.54, 1.807) is 6.07 Å². The van der Waals surface area contributed by atoms with E-state index >= 15 is 0 Å². The normalized spacial score (nSPS) is 22.2. The number of rotatable bonds is 4. The zero-order valence-corrected chi connectivity index (χ0v) is 13.3. The van der Waals surface area contributed by atoms with Gasteiger partial charge in [0.25, 0.3) is 5.91 Å². The summed E-state index contributed by atoms with van der Waals surface area (Å²) in [4.78, 5) is 23.3. The van der Waals surface area contributed by atoms with Crippen molar-refractivity contribution in [1.82, 2.24) is 5.32 Å². The Kier molecular flexibility index (Phi) is 5.39. The van der Waals surface area contributed by atoms with E-state index < -0.39 is 5.97 Å². The van der Waals surface area contributed by atoms with Crippen LogP contribution in [0.2, 0.25) is 0 Å². The van der Waals surface area contributed by atoms with Crippen molar-refractivity contribution in [2.45, 2.75) is 25.7 Å². The van der Waals surface area contributed by atoms with Crippen LogP contribution in [0.4, 0.5) is 0 Å². The first kappa shape index (κ1) is 15.3. The van der Waals surface area contributed by atoms with Gasteiger partial charge in [-0.3, -0.25) is 9.59 Å². The molecule has 108 valence electrons. The molecule has 2 N–H and O–H groups in total. The van der Waals surface area contributed by atoms with Crippen molar-refractivity contribution in [3.63, 3.8) is 0 Å². The number of aliphatic carboxylic acids is 1. The molecular weight excluding hydrogens is 369 g/mol. The van der Waals surface area contributed by atoms with Crippen molar-refractivity contribution in [3.05, 3.63) is 33.4 Å². The molecule has 0 spiro atoms. The average Bonchev–Trinajstić information content (AvgIpc) is 2.45. The fraction of sp³-hybridized carbons (Fsp3) is 0.467. The van der Waals surface area contributed by atoms with Gasteiger partial charge in [-0.2, -0.15) is 0 Å². The molecule has 0 bridgehead atoms. The van der Waals surface area contributed by atoms with Gasteiger partial charge in [0.1, 0.15) is 0 Å². The van der Waals surface area contributed by atoms with Gasteiger partial charge in [-0.1, -0.05) is 25.0 Å². The summed E-state index contributed by atoms with van der Waals surface area (Å²) in [6.07, 6.45) is 3.62. The van der Waals surface area contributed by atoms with Crippen LogP contribution >= 0.6 is 22.6 Å². The lowest BCUT2D eigenvalue weighted by Gasteiger charge is -2.28. The van der Waals surface area contributed by atoms with Gasteiger partial charge in [0, 0.05) is 10.1 Å². The lowest BCUT2D eigenvalue weighted by molar-refractivity contribution is -0.144. The van der Waals surface area contributed by atoms with Crippen LogP contribution in [0.3, 0.4) is 0 Å². The molecule has 1 aliphatic rings. The van der Waals surface area contributed by atoms with E-state index in [9.17, 15) is 14.7 Å². The van der Waals surface area contributed by atoms with Crippen molar-refractivity contribution < 1.29 is 14.7 Å². The minimum Gasteiger partial charge on any atom is -0.481 e. The maximum atomic E-state index is 12.1.